The molecule has 1 aromatic carbocycles. The van der Waals surface area contributed by atoms with Crippen molar-refractivity contribution in [2.45, 2.75) is 30.6 Å². The largest absolute Gasteiger partial charge is 0.310 e. The second-order valence-electron chi connectivity index (χ2n) is 4.07. The minimum absolute atomic E-state index is 0.542. The van der Waals surface area contributed by atoms with Crippen LogP contribution < -0.4 is 0 Å². The Balaban J connectivity index is 2.23. The summed E-state index contributed by atoms with van der Waals surface area (Å²) in [5.41, 5.74) is 0.542. The van der Waals surface area contributed by atoms with E-state index in [4.69, 9.17) is 0 Å². The molecule has 0 heterocycles. The molecule has 0 N–H and O–H groups in total. The van der Waals surface area contributed by atoms with Crippen molar-refractivity contribution in [3.05, 3.63) is 34.3 Å². The minimum atomic E-state index is -3.88. The van der Waals surface area contributed by atoms with Crippen molar-refractivity contribution < 1.29 is 17.6 Å². The Morgan fingerprint density at radius 2 is 1.38 bits per heavy atom. The molecule has 1 aliphatic carbocycles. The molecule has 0 nitrogen and oxygen atoms in total. The van der Waals surface area contributed by atoms with Gasteiger partial charge < -0.3 is 0 Å². The highest BCUT2D eigenvalue weighted by Crippen LogP contribution is 2.53. The molecular weight excluding hydrogens is 288 g/mol. The number of hydrogen-bond donors (Lipinski definition) is 0. The lowest BCUT2D eigenvalue weighted by atomic mass is 9.97. The van der Waals surface area contributed by atoms with Crippen molar-refractivity contribution in [1.29, 1.82) is 0 Å². The molecule has 1 saturated carbocycles. The van der Waals surface area contributed by atoms with Gasteiger partial charge in [0.15, 0.2) is 0 Å². The number of rotatable bonds is 1. The predicted octanol–water partition coefficient (Wildman–Crippen LogP) is 4.60. The van der Waals surface area contributed by atoms with Crippen LogP contribution in [-0.2, 0) is 0 Å². The van der Waals surface area contributed by atoms with E-state index in [1.165, 1.54) is 0 Å². The average Bonchev–Trinajstić information content (AvgIpc) is 2.37. The summed E-state index contributed by atoms with van der Waals surface area (Å²) in [6.45, 7) is 0. The molecular formula is C11H9BrF4. The zero-order valence-electron chi connectivity index (χ0n) is 8.19. The molecule has 1 aromatic rings. The molecule has 0 bridgehead atoms. The van der Waals surface area contributed by atoms with Gasteiger partial charge in [0.2, 0.25) is 0 Å². The van der Waals surface area contributed by atoms with Gasteiger partial charge in [-0.15, -0.1) is 0 Å². The second-order valence-corrected chi connectivity index (χ2v) is 4.98. The Morgan fingerprint density at radius 3 is 1.81 bits per heavy atom. The Labute approximate surface area is 98.8 Å². The molecule has 0 radical (unpaired) electrons. The van der Waals surface area contributed by atoms with Crippen molar-refractivity contribution in [2.24, 2.45) is 0 Å². The Hall–Kier alpha value is -0.580. The first-order valence-electron chi connectivity index (χ1n) is 4.83. The van der Waals surface area contributed by atoms with Crippen LogP contribution in [-0.4, -0.2) is 11.8 Å². The van der Waals surface area contributed by atoms with Crippen LogP contribution in [0, 0.1) is 0 Å². The number of hydrogen-bond acceptors (Lipinski definition) is 0. The summed E-state index contributed by atoms with van der Waals surface area (Å²) in [6, 6.07) is 6.55. The van der Waals surface area contributed by atoms with Gasteiger partial charge in [-0.2, -0.15) is 17.6 Å². The first-order valence-corrected chi connectivity index (χ1v) is 5.62. The van der Waals surface area contributed by atoms with Crippen LogP contribution in [0.5, 0.6) is 0 Å². The van der Waals surface area contributed by atoms with E-state index >= 15 is 0 Å². The van der Waals surface area contributed by atoms with Gasteiger partial charge in [0.1, 0.15) is 0 Å². The molecule has 0 aromatic heterocycles. The van der Waals surface area contributed by atoms with E-state index < -0.39 is 30.6 Å². The molecule has 0 aliphatic heterocycles. The van der Waals surface area contributed by atoms with E-state index in [0.717, 1.165) is 4.47 Å². The van der Waals surface area contributed by atoms with Gasteiger partial charge in [0, 0.05) is 17.3 Å². The van der Waals surface area contributed by atoms with Gasteiger partial charge in [-0.3, -0.25) is 0 Å². The fraction of sp³-hybridized carbons (Fsp3) is 0.455. The zero-order valence-corrected chi connectivity index (χ0v) is 9.78. The highest BCUT2D eigenvalue weighted by molar-refractivity contribution is 9.10. The Morgan fingerprint density at radius 1 is 0.938 bits per heavy atom. The molecule has 0 saturated heterocycles. The third kappa shape index (κ3) is 1.97. The maximum Gasteiger partial charge on any atom is 0.310 e. The zero-order chi connectivity index (χ0) is 12.0. The third-order valence-electron chi connectivity index (χ3n) is 2.88. The standard InChI is InChI=1S/C11H9BrF4/c12-9-3-1-7(2-4-9)8-5-10(13,14)11(15,16)6-8/h1-4,8H,5-6H2. The minimum Gasteiger partial charge on any atom is -0.200 e. The van der Waals surface area contributed by atoms with E-state index in [9.17, 15) is 17.6 Å². The summed E-state index contributed by atoms with van der Waals surface area (Å²) in [7, 11) is 0. The van der Waals surface area contributed by atoms with Gasteiger partial charge in [0.05, 0.1) is 0 Å². The molecule has 16 heavy (non-hydrogen) atoms. The summed E-state index contributed by atoms with van der Waals surface area (Å²) < 4.78 is 52.7. The molecule has 0 atom stereocenters. The normalized spacial score (nSPS) is 23.6. The molecule has 1 aliphatic rings. The van der Waals surface area contributed by atoms with E-state index in [1.54, 1.807) is 24.3 Å². The van der Waals surface area contributed by atoms with Crippen LogP contribution in [0.1, 0.15) is 24.3 Å². The monoisotopic (exact) mass is 296 g/mol. The fourth-order valence-corrected chi connectivity index (χ4v) is 2.22. The first kappa shape index (κ1) is 11.9. The lowest BCUT2D eigenvalue weighted by molar-refractivity contribution is -0.185. The Kier molecular flexibility index (Phi) is 2.77. The van der Waals surface area contributed by atoms with Crippen molar-refractivity contribution >= 4 is 15.9 Å². The lowest BCUT2D eigenvalue weighted by Crippen LogP contribution is -2.33. The average molecular weight is 297 g/mol. The number of halogens is 5. The summed E-state index contributed by atoms with van der Waals surface area (Å²) in [5.74, 6) is -8.53. The number of benzene rings is 1. The van der Waals surface area contributed by atoms with E-state index in [0.29, 0.717) is 5.56 Å². The van der Waals surface area contributed by atoms with E-state index in [-0.39, 0.29) is 0 Å². The SMILES string of the molecule is FC1(F)CC(c2ccc(Br)cc2)CC1(F)F. The fourth-order valence-electron chi connectivity index (χ4n) is 1.96. The molecule has 5 heteroatoms. The summed E-state index contributed by atoms with van der Waals surface area (Å²) in [5, 5.41) is 0. The maximum absolute atomic E-state index is 13.0. The second kappa shape index (κ2) is 3.72. The summed E-state index contributed by atoms with van der Waals surface area (Å²) >= 11 is 3.20. The van der Waals surface area contributed by atoms with Gasteiger partial charge >= 0.3 is 11.8 Å². The van der Waals surface area contributed by atoms with Crippen LogP contribution in [0.4, 0.5) is 17.6 Å². The molecule has 88 valence electrons. The van der Waals surface area contributed by atoms with Crippen LogP contribution >= 0.6 is 15.9 Å². The van der Waals surface area contributed by atoms with Gasteiger partial charge in [-0.1, -0.05) is 28.1 Å². The molecule has 0 unspecified atom stereocenters. The molecule has 0 amide bonds. The summed E-state index contributed by atoms with van der Waals surface area (Å²) in [6.07, 6.45) is -1.55. The van der Waals surface area contributed by atoms with Crippen molar-refractivity contribution in [2.75, 3.05) is 0 Å². The highest BCUT2D eigenvalue weighted by atomic mass is 79.9. The van der Waals surface area contributed by atoms with Crippen LogP contribution in [0.15, 0.2) is 28.7 Å². The molecule has 0 spiro atoms. The van der Waals surface area contributed by atoms with E-state index in [1.807, 2.05) is 0 Å². The first-order chi connectivity index (χ1) is 7.32. The summed E-state index contributed by atoms with van der Waals surface area (Å²) in [4.78, 5) is 0. The van der Waals surface area contributed by atoms with Gasteiger partial charge in [-0.25, -0.2) is 0 Å². The lowest BCUT2D eigenvalue weighted by Gasteiger charge is -2.16. The topological polar surface area (TPSA) is 0 Å². The van der Waals surface area contributed by atoms with Crippen LogP contribution in [0.2, 0.25) is 0 Å². The number of alkyl halides is 4. The van der Waals surface area contributed by atoms with Gasteiger partial charge in [0.25, 0.3) is 0 Å². The molecule has 2 rings (SSSR count). The molecule has 1 fully saturated rings. The van der Waals surface area contributed by atoms with Crippen molar-refractivity contribution in [1.82, 2.24) is 0 Å². The third-order valence-corrected chi connectivity index (χ3v) is 3.41. The van der Waals surface area contributed by atoms with Crippen molar-refractivity contribution in [3.8, 4) is 0 Å². The Bertz CT molecular complexity index is 369. The van der Waals surface area contributed by atoms with Crippen molar-refractivity contribution in [3.63, 3.8) is 0 Å². The maximum atomic E-state index is 13.0. The smallest absolute Gasteiger partial charge is 0.200 e. The highest BCUT2D eigenvalue weighted by Gasteiger charge is 2.63. The van der Waals surface area contributed by atoms with E-state index in [2.05, 4.69) is 15.9 Å². The van der Waals surface area contributed by atoms with Gasteiger partial charge in [-0.05, 0) is 23.6 Å². The quantitative estimate of drug-likeness (QED) is 0.665. The van der Waals surface area contributed by atoms with Crippen LogP contribution in [0.3, 0.4) is 0 Å². The predicted molar refractivity (Wildman–Crippen MR) is 56.0 cm³/mol. The van der Waals surface area contributed by atoms with Crippen LogP contribution in [0.25, 0.3) is 0 Å².